The summed E-state index contributed by atoms with van der Waals surface area (Å²) in [6.07, 6.45) is 1.61. The molecular formula is C10H10Br2N2O. The maximum absolute atomic E-state index is 11.6. The third kappa shape index (κ3) is 3.07. The number of anilines is 1. The fourth-order valence-electron chi connectivity index (χ4n) is 1.03. The molecule has 0 aliphatic carbocycles. The predicted molar refractivity (Wildman–Crippen MR) is 68.8 cm³/mol. The first-order valence-corrected chi connectivity index (χ1v) is 5.78. The number of nitrogens with one attached hydrogen (secondary N) is 1. The highest BCUT2D eigenvalue weighted by Crippen LogP contribution is 2.28. The molecule has 1 aromatic carbocycles. The third-order valence-electron chi connectivity index (χ3n) is 1.75. The van der Waals surface area contributed by atoms with E-state index >= 15 is 0 Å². The van der Waals surface area contributed by atoms with E-state index < -0.39 is 0 Å². The van der Waals surface area contributed by atoms with Crippen molar-refractivity contribution in [3.8, 4) is 0 Å². The molecule has 3 nitrogen and oxygen atoms in total. The van der Waals surface area contributed by atoms with Crippen molar-refractivity contribution in [2.75, 3.05) is 12.3 Å². The van der Waals surface area contributed by atoms with Gasteiger partial charge in [0.2, 0.25) is 0 Å². The van der Waals surface area contributed by atoms with Crippen LogP contribution in [0.3, 0.4) is 0 Å². The highest BCUT2D eigenvalue weighted by Gasteiger charge is 2.12. The van der Waals surface area contributed by atoms with Crippen molar-refractivity contribution in [3.63, 3.8) is 0 Å². The van der Waals surface area contributed by atoms with Crippen LogP contribution in [0.5, 0.6) is 0 Å². The minimum atomic E-state index is -0.214. The number of carbonyl (C=O) groups is 1. The maximum atomic E-state index is 11.6. The Labute approximate surface area is 105 Å². The quantitative estimate of drug-likeness (QED) is 0.660. The van der Waals surface area contributed by atoms with E-state index in [0.29, 0.717) is 22.3 Å². The first-order valence-electron chi connectivity index (χ1n) is 4.20. The lowest BCUT2D eigenvalue weighted by Gasteiger charge is -2.08. The van der Waals surface area contributed by atoms with Gasteiger partial charge in [0, 0.05) is 15.5 Å². The van der Waals surface area contributed by atoms with Gasteiger partial charge in [-0.15, -0.1) is 6.58 Å². The van der Waals surface area contributed by atoms with Crippen LogP contribution in [0.2, 0.25) is 0 Å². The Balaban J connectivity index is 3.02. The Morgan fingerprint density at radius 2 is 2.20 bits per heavy atom. The molecule has 0 aliphatic heterocycles. The normalized spacial score (nSPS) is 9.73. The molecule has 0 saturated carbocycles. The van der Waals surface area contributed by atoms with Gasteiger partial charge in [-0.3, -0.25) is 4.79 Å². The predicted octanol–water partition coefficient (Wildman–Crippen LogP) is 2.71. The summed E-state index contributed by atoms with van der Waals surface area (Å²) in [7, 11) is 0. The van der Waals surface area contributed by atoms with Gasteiger partial charge in [-0.05, 0) is 28.1 Å². The van der Waals surface area contributed by atoms with Crippen LogP contribution in [0.25, 0.3) is 0 Å². The summed E-state index contributed by atoms with van der Waals surface area (Å²) in [5.41, 5.74) is 6.64. The topological polar surface area (TPSA) is 55.1 Å². The molecule has 1 rings (SSSR count). The first kappa shape index (κ1) is 12.3. The lowest BCUT2D eigenvalue weighted by molar-refractivity contribution is 0.0959. The Kier molecular flexibility index (Phi) is 4.35. The Hall–Kier alpha value is -0.810. The molecule has 0 radical (unpaired) electrons. The zero-order chi connectivity index (χ0) is 11.4. The van der Waals surface area contributed by atoms with E-state index in [1.807, 2.05) is 0 Å². The number of hydrogen-bond acceptors (Lipinski definition) is 2. The van der Waals surface area contributed by atoms with Gasteiger partial charge in [0.05, 0.1) is 11.3 Å². The van der Waals surface area contributed by atoms with Gasteiger partial charge in [0.15, 0.2) is 0 Å². The van der Waals surface area contributed by atoms with Gasteiger partial charge in [-0.25, -0.2) is 0 Å². The van der Waals surface area contributed by atoms with E-state index in [4.69, 9.17) is 5.73 Å². The molecule has 0 bridgehead atoms. The summed E-state index contributed by atoms with van der Waals surface area (Å²) in [6, 6.07) is 3.47. The van der Waals surface area contributed by atoms with Gasteiger partial charge < -0.3 is 11.1 Å². The monoisotopic (exact) mass is 332 g/mol. The molecule has 5 heteroatoms. The van der Waals surface area contributed by atoms with Crippen molar-refractivity contribution < 1.29 is 4.79 Å². The smallest absolute Gasteiger partial charge is 0.253 e. The second-order valence-corrected chi connectivity index (χ2v) is 4.62. The summed E-state index contributed by atoms with van der Waals surface area (Å²) in [4.78, 5) is 11.6. The van der Waals surface area contributed by atoms with Crippen LogP contribution < -0.4 is 11.1 Å². The van der Waals surface area contributed by atoms with Crippen molar-refractivity contribution >= 4 is 43.5 Å². The molecule has 0 fully saturated rings. The van der Waals surface area contributed by atoms with E-state index in [-0.39, 0.29) is 5.91 Å². The highest BCUT2D eigenvalue weighted by molar-refractivity contribution is 9.11. The van der Waals surface area contributed by atoms with E-state index in [1.54, 1.807) is 18.2 Å². The summed E-state index contributed by atoms with van der Waals surface area (Å²) < 4.78 is 1.49. The van der Waals surface area contributed by atoms with Crippen molar-refractivity contribution in [2.24, 2.45) is 0 Å². The van der Waals surface area contributed by atoms with Crippen molar-refractivity contribution in [1.82, 2.24) is 5.32 Å². The van der Waals surface area contributed by atoms with Gasteiger partial charge in [-0.2, -0.15) is 0 Å². The van der Waals surface area contributed by atoms with Crippen LogP contribution >= 0.6 is 31.9 Å². The molecule has 80 valence electrons. The first-order chi connectivity index (χ1) is 7.06. The highest BCUT2D eigenvalue weighted by atomic mass is 79.9. The number of carbonyl (C=O) groups excluding carboxylic acids is 1. The van der Waals surface area contributed by atoms with Crippen LogP contribution in [0.1, 0.15) is 10.4 Å². The number of amides is 1. The standard InChI is InChI=1S/C10H10Br2N2O/c1-2-3-14-10(15)7-4-6(11)5-8(12)9(7)13/h2,4-5H,1,3,13H2,(H,14,15). The number of nitrogen functional groups attached to an aromatic ring is 1. The van der Waals surface area contributed by atoms with E-state index in [0.717, 1.165) is 4.47 Å². The van der Waals surface area contributed by atoms with E-state index in [2.05, 4.69) is 43.8 Å². The maximum Gasteiger partial charge on any atom is 0.253 e. The lowest BCUT2D eigenvalue weighted by atomic mass is 10.1. The average molecular weight is 334 g/mol. The fraction of sp³-hybridized carbons (Fsp3) is 0.100. The van der Waals surface area contributed by atoms with Crippen molar-refractivity contribution in [1.29, 1.82) is 0 Å². The molecule has 0 heterocycles. The SMILES string of the molecule is C=CCNC(=O)c1cc(Br)cc(Br)c1N. The summed E-state index contributed by atoms with van der Waals surface area (Å²) in [6.45, 7) is 3.94. The zero-order valence-corrected chi connectivity index (χ0v) is 11.1. The molecule has 1 amide bonds. The third-order valence-corrected chi connectivity index (χ3v) is 2.86. The number of rotatable bonds is 3. The number of halogens is 2. The van der Waals surface area contributed by atoms with Crippen LogP contribution in [0, 0.1) is 0 Å². The van der Waals surface area contributed by atoms with Gasteiger partial charge in [-0.1, -0.05) is 22.0 Å². The minimum Gasteiger partial charge on any atom is -0.397 e. The molecular weight excluding hydrogens is 324 g/mol. The second kappa shape index (κ2) is 5.32. The molecule has 15 heavy (non-hydrogen) atoms. The fourth-order valence-corrected chi connectivity index (χ4v) is 2.26. The van der Waals surface area contributed by atoms with E-state index in [1.165, 1.54) is 0 Å². The number of benzene rings is 1. The Bertz CT molecular complexity index is 405. The number of hydrogen-bond donors (Lipinski definition) is 2. The molecule has 3 N–H and O–H groups in total. The molecule has 0 saturated heterocycles. The molecule has 1 aromatic rings. The minimum absolute atomic E-state index is 0.214. The van der Waals surface area contributed by atoms with Crippen LogP contribution in [-0.2, 0) is 0 Å². The molecule has 0 spiro atoms. The molecule has 0 aromatic heterocycles. The van der Waals surface area contributed by atoms with Crippen molar-refractivity contribution in [2.45, 2.75) is 0 Å². The summed E-state index contributed by atoms with van der Waals surface area (Å²) in [5.74, 6) is -0.214. The largest absolute Gasteiger partial charge is 0.397 e. The zero-order valence-electron chi connectivity index (χ0n) is 7.89. The van der Waals surface area contributed by atoms with Gasteiger partial charge in [0.1, 0.15) is 0 Å². The van der Waals surface area contributed by atoms with Gasteiger partial charge in [0.25, 0.3) is 5.91 Å². The lowest BCUT2D eigenvalue weighted by Crippen LogP contribution is -2.24. The number of nitrogens with two attached hydrogens (primary N) is 1. The Morgan fingerprint density at radius 1 is 1.53 bits per heavy atom. The second-order valence-electron chi connectivity index (χ2n) is 2.85. The van der Waals surface area contributed by atoms with Crippen LogP contribution in [0.15, 0.2) is 33.7 Å². The molecule has 0 atom stereocenters. The van der Waals surface area contributed by atoms with Crippen LogP contribution in [-0.4, -0.2) is 12.5 Å². The molecule has 0 unspecified atom stereocenters. The summed E-state index contributed by atoms with van der Waals surface area (Å²) >= 11 is 6.58. The van der Waals surface area contributed by atoms with Crippen molar-refractivity contribution in [3.05, 3.63) is 39.3 Å². The van der Waals surface area contributed by atoms with Gasteiger partial charge >= 0.3 is 0 Å². The van der Waals surface area contributed by atoms with Crippen LogP contribution in [0.4, 0.5) is 5.69 Å². The van der Waals surface area contributed by atoms with E-state index in [9.17, 15) is 4.79 Å². The average Bonchev–Trinajstić information content (AvgIpc) is 2.19. The Morgan fingerprint density at radius 3 is 2.80 bits per heavy atom. The summed E-state index contributed by atoms with van der Waals surface area (Å²) in [5, 5.41) is 2.67. The molecule has 0 aliphatic rings.